The molecule has 2 rings (SSSR count). The summed E-state index contributed by atoms with van der Waals surface area (Å²) in [5.74, 6) is -1.95. The number of rotatable bonds is 5. The smallest absolute Gasteiger partial charge is 0.339 e. The molecule has 0 atom stereocenters. The van der Waals surface area contributed by atoms with E-state index in [0.717, 1.165) is 18.2 Å². The Labute approximate surface area is 147 Å². The van der Waals surface area contributed by atoms with Gasteiger partial charge in [0.1, 0.15) is 22.6 Å². The summed E-state index contributed by atoms with van der Waals surface area (Å²) in [6.07, 6.45) is 0. The Balaban J connectivity index is 0.000000263. The molecular formula is C16H16N2O8. The molecule has 0 unspecified atom stereocenters. The van der Waals surface area contributed by atoms with Crippen molar-refractivity contribution >= 4 is 23.3 Å². The molecule has 2 aromatic carbocycles. The van der Waals surface area contributed by atoms with Gasteiger partial charge in [0.15, 0.2) is 0 Å². The summed E-state index contributed by atoms with van der Waals surface area (Å²) in [6, 6.07) is 7.74. The van der Waals surface area contributed by atoms with Crippen molar-refractivity contribution in [2.75, 3.05) is 20.0 Å². The number of carbonyl (C=O) groups is 2. The predicted molar refractivity (Wildman–Crippen MR) is 91.0 cm³/mol. The van der Waals surface area contributed by atoms with E-state index in [9.17, 15) is 19.7 Å². The van der Waals surface area contributed by atoms with Gasteiger partial charge in [-0.1, -0.05) is 0 Å². The minimum absolute atomic E-state index is 0.0216. The molecule has 0 saturated heterocycles. The number of nitrogens with zero attached hydrogens (tertiary/aromatic N) is 1. The van der Waals surface area contributed by atoms with Gasteiger partial charge in [0, 0.05) is 17.8 Å². The molecule has 10 nitrogen and oxygen atoms in total. The molecule has 0 fully saturated rings. The highest BCUT2D eigenvalue weighted by atomic mass is 16.6. The Kier molecular flexibility index (Phi) is 6.90. The Bertz CT molecular complexity index is 835. The lowest BCUT2D eigenvalue weighted by Crippen LogP contribution is -2.01. The summed E-state index contributed by atoms with van der Waals surface area (Å²) in [6.45, 7) is 0. The molecular weight excluding hydrogens is 348 g/mol. The maximum Gasteiger partial charge on any atom is 0.339 e. The first-order chi connectivity index (χ1) is 12.2. The molecule has 0 aliphatic rings. The molecule has 10 heteroatoms. The number of benzene rings is 2. The van der Waals surface area contributed by atoms with Crippen LogP contribution in [0.5, 0.6) is 11.5 Å². The summed E-state index contributed by atoms with van der Waals surface area (Å²) >= 11 is 0. The highest BCUT2D eigenvalue weighted by Gasteiger charge is 2.15. The van der Waals surface area contributed by atoms with Gasteiger partial charge in [-0.05, 0) is 18.2 Å². The number of methoxy groups -OCH3 is 2. The monoisotopic (exact) mass is 364 g/mol. The average molecular weight is 364 g/mol. The van der Waals surface area contributed by atoms with E-state index in [2.05, 4.69) is 0 Å². The van der Waals surface area contributed by atoms with Crippen molar-refractivity contribution in [1.82, 2.24) is 0 Å². The van der Waals surface area contributed by atoms with Crippen molar-refractivity contribution < 1.29 is 34.2 Å². The number of nitro groups is 1. The lowest BCUT2D eigenvalue weighted by atomic mass is 10.2. The highest BCUT2D eigenvalue weighted by molar-refractivity contribution is 5.92. The molecule has 0 amide bonds. The molecule has 2 aromatic rings. The number of nitrogens with two attached hydrogens (primary N) is 1. The molecule has 0 spiro atoms. The Morgan fingerprint density at radius 3 is 1.85 bits per heavy atom. The Hall–Kier alpha value is -3.82. The number of hydrogen-bond acceptors (Lipinski definition) is 7. The Morgan fingerprint density at radius 1 is 0.962 bits per heavy atom. The first-order valence-corrected chi connectivity index (χ1v) is 6.93. The van der Waals surface area contributed by atoms with Crippen LogP contribution in [0.2, 0.25) is 0 Å². The topological polar surface area (TPSA) is 162 Å². The third kappa shape index (κ3) is 5.09. The van der Waals surface area contributed by atoms with Gasteiger partial charge in [0.2, 0.25) is 0 Å². The zero-order valence-corrected chi connectivity index (χ0v) is 13.8. The van der Waals surface area contributed by atoms with Gasteiger partial charge in [-0.3, -0.25) is 10.1 Å². The fourth-order valence-electron chi connectivity index (χ4n) is 1.85. The number of carboxylic acids is 2. The second-order valence-corrected chi connectivity index (χ2v) is 4.71. The van der Waals surface area contributed by atoms with Crippen LogP contribution in [-0.2, 0) is 0 Å². The van der Waals surface area contributed by atoms with Crippen molar-refractivity contribution in [2.24, 2.45) is 0 Å². The molecule has 0 radical (unpaired) electrons. The Morgan fingerprint density at radius 2 is 1.42 bits per heavy atom. The fourth-order valence-corrected chi connectivity index (χ4v) is 1.85. The third-order valence-electron chi connectivity index (χ3n) is 3.08. The van der Waals surface area contributed by atoms with E-state index in [4.69, 9.17) is 25.4 Å². The van der Waals surface area contributed by atoms with Gasteiger partial charge in [-0.2, -0.15) is 0 Å². The van der Waals surface area contributed by atoms with Crippen LogP contribution in [0.3, 0.4) is 0 Å². The van der Waals surface area contributed by atoms with Crippen LogP contribution >= 0.6 is 0 Å². The van der Waals surface area contributed by atoms with Crippen molar-refractivity contribution in [3.8, 4) is 11.5 Å². The van der Waals surface area contributed by atoms with E-state index in [0.29, 0.717) is 5.69 Å². The van der Waals surface area contributed by atoms with Gasteiger partial charge in [-0.15, -0.1) is 0 Å². The van der Waals surface area contributed by atoms with Gasteiger partial charge in [0.25, 0.3) is 5.69 Å². The number of non-ortho nitro benzene ring substituents is 1. The molecule has 0 bridgehead atoms. The molecule has 0 aromatic heterocycles. The first-order valence-electron chi connectivity index (χ1n) is 6.93. The molecule has 0 saturated carbocycles. The van der Waals surface area contributed by atoms with E-state index in [-0.39, 0.29) is 28.3 Å². The van der Waals surface area contributed by atoms with E-state index in [1.165, 1.54) is 32.4 Å². The van der Waals surface area contributed by atoms with E-state index < -0.39 is 16.9 Å². The summed E-state index contributed by atoms with van der Waals surface area (Å²) in [4.78, 5) is 30.9. The molecule has 0 heterocycles. The highest BCUT2D eigenvalue weighted by Crippen LogP contribution is 2.24. The van der Waals surface area contributed by atoms with Gasteiger partial charge in [-0.25, -0.2) is 9.59 Å². The molecule has 0 aliphatic carbocycles. The maximum absolute atomic E-state index is 10.6. The van der Waals surface area contributed by atoms with Crippen LogP contribution in [0.1, 0.15) is 20.7 Å². The summed E-state index contributed by atoms with van der Waals surface area (Å²) in [5, 5.41) is 27.7. The number of ether oxygens (including phenoxy) is 2. The lowest BCUT2D eigenvalue weighted by Gasteiger charge is -2.04. The fraction of sp³-hybridized carbons (Fsp3) is 0.125. The van der Waals surface area contributed by atoms with Crippen LogP contribution < -0.4 is 15.2 Å². The van der Waals surface area contributed by atoms with Crippen LogP contribution in [0.15, 0.2) is 36.4 Å². The van der Waals surface area contributed by atoms with Gasteiger partial charge < -0.3 is 25.4 Å². The van der Waals surface area contributed by atoms with E-state index in [1.54, 1.807) is 0 Å². The summed E-state index contributed by atoms with van der Waals surface area (Å²) in [7, 11) is 2.66. The van der Waals surface area contributed by atoms with Crippen LogP contribution in [0, 0.1) is 10.1 Å². The van der Waals surface area contributed by atoms with Crippen LogP contribution in [-0.4, -0.2) is 41.3 Å². The third-order valence-corrected chi connectivity index (χ3v) is 3.08. The lowest BCUT2D eigenvalue weighted by molar-refractivity contribution is -0.384. The van der Waals surface area contributed by atoms with Gasteiger partial charge >= 0.3 is 11.9 Å². The summed E-state index contributed by atoms with van der Waals surface area (Å²) in [5.41, 5.74) is 5.73. The van der Waals surface area contributed by atoms with Crippen molar-refractivity contribution in [1.29, 1.82) is 0 Å². The second kappa shape index (κ2) is 8.87. The number of carboxylic acid groups (broad SMARTS) is 2. The van der Waals surface area contributed by atoms with Gasteiger partial charge in [0.05, 0.1) is 25.2 Å². The van der Waals surface area contributed by atoms with E-state index in [1.807, 2.05) is 0 Å². The minimum atomic E-state index is -1.18. The number of hydrogen-bond donors (Lipinski definition) is 3. The number of aromatic carboxylic acids is 2. The zero-order chi connectivity index (χ0) is 19.9. The number of anilines is 1. The van der Waals surface area contributed by atoms with E-state index >= 15 is 0 Å². The first kappa shape index (κ1) is 20.2. The molecule has 26 heavy (non-hydrogen) atoms. The predicted octanol–water partition coefficient (Wildman–Crippen LogP) is 2.28. The van der Waals surface area contributed by atoms with Crippen molar-refractivity contribution in [2.45, 2.75) is 0 Å². The number of nitro benzene ring substituents is 1. The normalized spacial score (nSPS) is 9.46. The molecule has 138 valence electrons. The van der Waals surface area contributed by atoms with Crippen molar-refractivity contribution in [3.63, 3.8) is 0 Å². The average Bonchev–Trinajstić information content (AvgIpc) is 2.60. The number of nitrogen functional groups attached to an aromatic ring is 1. The second-order valence-electron chi connectivity index (χ2n) is 4.71. The summed E-state index contributed by atoms with van der Waals surface area (Å²) < 4.78 is 9.54. The minimum Gasteiger partial charge on any atom is -0.496 e. The standard InChI is InChI=1S/C8H7NO5.C8H9NO3/c1-14-7-4-5(9(12)13)2-3-6(7)8(10)11;1-12-7-4-5(9)2-3-6(7)8(10)11/h2-4H,1H3,(H,10,11);2-4H,9H2,1H3,(H,10,11). The van der Waals surface area contributed by atoms with Crippen LogP contribution in [0.4, 0.5) is 11.4 Å². The molecule has 4 N–H and O–H groups in total. The SMILES string of the molecule is COc1cc(N)ccc1C(=O)O.COc1cc([N+](=O)[O-])ccc1C(=O)O. The van der Waals surface area contributed by atoms with Crippen LogP contribution in [0.25, 0.3) is 0 Å². The zero-order valence-electron chi connectivity index (χ0n) is 13.8. The maximum atomic E-state index is 10.6. The van der Waals surface area contributed by atoms with Crippen molar-refractivity contribution in [3.05, 3.63) is 57.6 Å². The quantitative estimate of drug-likeness (QED) is 0.410. The molecule has 0 aliphatic heterocycles. The largest absolute Gasteiger partial charge is 0.496 e.